The molecule has 0 heterocycles. The van der Waals surface area contributed by atoms with Crippen LogP contribution < -0.4 is 5.73 Å². The van der Waals surface area contributed by atoms with Crippen LogP contribution in [-0.2, 0) is 11.2 Å². The van der Waals surface area contributed by atoms with Crippen molar-refractivity contribution in [3.8, 4) is 12.0 Å². The fraction of sp³-hybridized carbons (Fsp3) is 0.727. The largest absolute Gasteiger partial charge is 0.359 e. The minimum atomic E-state index is 0.694. The number of rotatable bonds is 8. The number of carbonyl (C=O) groups is 1. The molecule has 3 saturated carbocycles. The number of hydrogen-bond acceptors (Lipinski definition) is 2. The van der Waals surface area contributed by atoms with Crippen molar-refractivity contribution in [2.75, 3.05) is 0 Å². The molecule has 192 valence electrons. The van der Waals surface area contributed by atoms with Crippen LogP contribution in [0.1, 0.15) is 119 Å². The maximum atomic E-state index is 10.8. The molecule has 0 amide bonds. The van der Waals surface area contributed by atoms with Crippen LogP contribution in [0.4, 0.5) is 0 Å². The Kier molecular flexibility index (Phi) is 9.76. The summed E-state index contributed by atoms with van der Waals surface area (Å²) in [7, 11) is 0. The number of carbonyl (C=O) groups excluding carboxylic acids is 1. The Balaban J connectivity index is 1.13. The Morgan fingerprint density at radius 2 is 1.11 bits per heavy atom. The van der Waals surface area contributed by atoms with Gasteiger partial charge in [0.15, 0.2) is 0 Å². The molecule has 2 heteroatoms. The number of aryl methyl sites for hydroxylation is 2. The van der Waals surface area contributed by atoms with Gasteiger partial charge in [0.2, 0.25) is 0 Å². The Hall–Kier alpha value is -1.75. The molecular formula is C33H49NO. The van der Waals surface area contributed by atoms with Crippen molar-refractivity contribution in [1.82, 2.24) is 0 Å². The highest BCUT2D eigenvalue weighted by Gasteiger charge is 2.29. The van der Waals surface area contributed by atoms with Crippen LogP contribution in [0.5, 0.6) is 0 Å². The lowest BCUT2D eigenvalue weighted by Crippen LogP contribution is -2.23. The van der Waals surface area contributed by atoms with E-state index in [0.29, 0.717) is 5.92 Å². The smallest absolute Gasteiger partial charge is 0.120 e. The van der Waals surface area contributed by atoms with Gasteiger partial charge in [0.1, 0.15) is 6.29 Å². The van der Waals surface area contributed by atoms with Gasteiger partial charge in [-0.15, -0.1) is 0 Å². The van der Waals surface area contributed by atoms with Gasteiger partial charge in [0, 0.05) is 18.0 Å². The summed E-state index contributed by atoms with van der Waals surface area (Å²) < 4.78 is 0. The number of benzene rings is 1. The highest BCUT2D eigenvalue weighted by atomic mass is 16.1. The molecule has 0 aromatic heterocycles. The molecule has 0 aliphatic heterocycles. The highest BCUT2D eigenvalue weighted by molar-refractivity contribution is 5.49. The van der Waals surface area contributed by atoms with Crippen molar-refractivity contribution in [1.29, 1.82) is 0 Å². The predicted octanol–water partition coefficient (Wildman–Crippen LogP) is 7.90. The molecule has 1 aromatic rings. The van der Waals surface area contributed by atoms with Crippen LogP contribution >= 0.6 is 0 Å². The van der Waals surface area contributed by atoms with Crippen molar-refractivity contribution in [2.45, 2.75) is 117 Å². The average Bonchev–Trinajstić information content (AvgIpc) is 2.85. The van der Waals surface area contributed by atoms with Crippen LogP contribution in [0.15, 0.2) is 12.1 Å². The van der Waals surface area contributed by atoms with E-state index in [-0.39, 0.29) is 0 Å². The van der Waals surface area contributed by atoms with Gasteiger partial charge in [-0.2, -0.15) is 0 Å². The molecule has 0 bridgehead atoms. The molecule has 3 fully saturated rings. The molecule has 3 aliphatic carbocycles. The summed E-state index contributed by atoms with van der Waals surface area (Å²) in [6.07, 6.45) is 23.2. The zero-order chi connectivity index (χ0) is 24.6. The second-order valence-electron chi connectivity index (χ2n) is 12.6. The lowest BCUT2D eigenvalue weighted by atomic mass is 9.70. The van der Waals surface area contributed by atoms with Gasteiger partial charge in [-0.1, -0.05) is 63.5 Å². The first-order valence-electron chi connectivity index (χ1n) is 14.8. The average molecular weight is 476 g/mol. The zero-order valence-electron chi connectivity index (χ0n) is 22.5. The Bertz CT molecular complexity index is 845. The molecule has 0 radical (unpaired) electrons. The quantitative estimate of drug-likeness (QED) is 0.236. The first kappa shape index (κ1) is 26.3. The normalized spacial score (nSPS) is 31.4. The van der Waals surface area contributed by atoms with Gasteiger partial charge in [-0.3, -0.25) is 0 Å². The van der Waals surface area contributed by atoms with Gasteiger partial charge >= 0.3 is 0 Å². The molecule has 0 spiro atoms. The van der Waals surface area contributed by atoms with E-state index in [1.807, 2.05) is 0 Å². The Labute approximate surface area is 215 Å². The van der Waals surface area contributed by atoms with Gasteiger partial charge in [-0.25, -0.2) is 0 Å². The maximum Gasteiger partial charge on any atom is 0.120 e. The monoisotopic (exact) mass is 475 g/mol. The van der Waals surface area contributed by atoms with E-state index in [0.717, 1.165) is 47.9 Å². The van der Waals surface area contributed by atoms with Gasteiger partial charge < -0.3 is 10.5 Å². The summed E-state index contributed by atoms with van der Waals surface area (Å²) in [5, 5.41) is 0. The number of hydrogen-bond donors (Lipinski definition) is 1. The number of nitrogens with two attached hydrogens (primary N) is 1. The lowest BCUT2D eigenvalue weighted by molar-refractivity contribution is -0.108. The van der Waals surface area contributed by atoms with Crippen molar-refractivity contribution in [3.05, 3.63) is 34.4 Å². The van der Waals surface area contributed by atoms with Crippen LogP contribution in [0, 0.1) is 61.3 Å². The van der Waals surface area contributed by atoms with E-state index in [1.54, 1.807) is 0 Å². The number of aldehydes is 1. The fourth-order valence-electron chi connectivity index (χ4n) is 7.93. The summed E-state index contributed by atoms with van der Waals surface area (Å²) in [5.41, 5.74) is 10.6. The van der Waals surface area contributed by atoms with Gasteiger partial charge in [0.25, 0.3) is 0 Å². The van der Waals surface area contributed by atoms with Crippen LogP contribution in [0.2, 0.25) is 0 Å². The van der Waals surface area contributed by atoms with E-state index in [2.05, 4.69) is 37.9 Å². The zero-order valence-corrected chi connectivity index (χ0v) is 22.5. The summed E-state index contributed by atoms with van der Waals surface area (Å²) in [6.45, 7) is 4.34. The molecule has 0 atom stereocenters. The Morgan fingerprint density at radius 1 is 0.714 bits per heavy atom. The summed E-state index contributed by atoms with van der Waals surface area (Å²) in [6, 6.07) is 7.25. The predicted molar refractivity (Wildman–Crippen MR) is 147 cm³/mol. The Morgan fingerprint density at radius 3 is 1.51 bits per heavy atom. The van der Waals surface area contributed by atoms with Crippen molar-refractivity contribution in [3.63, 3.8) is 0 Å². The fourth-order valence-corrected chi connectivity index (χ4v) is 7.93. The van der Waals surface area contributed by atoms with Crippen molar-refractivity contribution in [2.24, 2.45) is 41.2 Å². The molecule has 0 unspecified atom stereocenters. The minimum absolute atomic E-state index is 0.694. The van der Waals surface area contributed by atoms with Crippen LogP contribution in [-0.4, -0.2) is 6.29 Å². The third-order valence-corrected chi connectivity index (χ3v) is 9.98. The molecule has 35 heavy (non-hydrogen) atoms. The molecule has 2 nitrogen and oxygen atoms in total. The second-order valence-corrected chi connectivity index (χ2v) is 12.6. The van der Waals surface area contributed by atoms with E-state index in [4.69, 9.17) is 5.73 Å². The molecule has 3 aliphatic rings. The highest BCUT2D eigenvalue weighted by Crippen LogP contribution is 2.42. The lowest BCUT2D eigenvalue weighted by Gasteiger charge is -2.36. The van der Waals surface area contributed by atoms with E-state index >= 15 is 0 Å². The SMILES string of the molecule is Cc1cc(CC2CCC(CC3CCC(CC4CCC(CC=O)CC4)CC3)CC2)cc(C)c1C#CN. The third-order valence-electron chi connectivity index (χ3n) is 9.98. The van der Waals surface area contributed by atoms with Crippen molar-refractivity contribution < 1.29 is 4.79 Å². The first-order valence-corrected chi connectivity index (χ1v) is 14.8. The van der Waals surface area contributed by atoms with Crippen LogP contribution in [0.3, 0.4) is 0 Å². The van der Waals surface area contributed by atoms with Gasteiger partial charge in [0.05, 0.1) is 0 Å². The van der Waals surface area contributed by atoms with E-state index < -0.39 is 0 Å². The van der Waals surface area contributed by atoms with Crippen molar-refractivity contribution >= 4 is 6.29 Å². The topological polar surface area (TPSA) is 43.1 Å². The molecule has 1 aromatic carbocycles. The molecular weight excluding hydrogens is 426 g/mol. The van der Waals surface area contributed by atoms with Gasteiger partial charge in [-0.05, 0) is 117 Å². The van der Waals surface area contributed by atoms with Crippen LogP contribution in [0.25, 0.3) is 0 Å². The molecule has 4 rings (SSSR count). The standard InChI is InChI=1S/C33H49NO/c1-24-19-32(20-25(2)33(24)15-17-34)23-31-13-11-30(12-14-31)22-29-9-7-28(8-10-29)21-27-5-3-26(4-6-27)16-18-35/h18-20,26-31H,3-14,16,21-23,34H2,1-2H3. The second kappa shape index (κ2) is 13.0. The third kappa shape index (κ3) is 7.62. The maximum absolute atomic E-state index is 10.8. The summed E-state index contributed by atoms with van der Waals surface area (Å²) >= 11 is 0. The summed E-state index contributed by atoms with van der Waals surface area (Å²) in [4.78, 5) is 10.8. The molecule has 2 N–H and O–H groups in total. The summed E-state index contributed by atoms with van der Waals surface area (Å²) in [5.74, 6) is 8.53. The van der Waals surface area contributed by atoms with E-state index in [1.165, 1.54) is 113 Å². The first-order chi connectivity index (χ1) is 17.0. The van der Waals surface area contributed by atoms with E-state index in [9.17, 15) is 4.79 Å². The molecule has 0 saturated heterocycles. The minimum Gasteiger partial charge on any atom is -0.359 e.